The summed E-state index contributed by atoms with van der Waals surface area (Å²) in [7, 11) is 0. The summed E-state index contributed by atoms with van der Waals surface area (Å²) in [6, 6.07) is 10.7. The lowest BCUT2D eigenvalue weighted by Gasteiger charge is -2.31. The highest BCUT2D eigenvalue weighted by Gasteiger charge is 2.56. The molecule has 0 fully saturated rings. The summed E-state index contributed by atoms with van der Waals surface area (Å²) in [5.74, 6) is 0. The number of aryl methyl sites for hydroxylation is 1. The number of hydrogen-bond donors (Lipinski definition) is 1. The summed E-state index contributed by atoms with van der Waals surface area (Å²) in [5, 5.41) is 10.5. The third-order valence-electron chi connectivity index (χ3n) is 3.12. The van der Waals surface area contributed by atoms with Crippen LogP contribution in [-0.2, 0) is 5.60 Å². The Labute approximate surface area is 119 Å². The molecule has 0 amide bonds. The summed E-state index contributed by atoms with van der Waals surface area (Å²) in [6.45, 7) is 1.76. The maximum absolute atomic E-state index is 13.4. The van der Waals surface area contributed by atoms with Crippen LogP contribution in [0.4, 0.5) is 13.2 Å². The fourth-order valence-corrected chi connectivity index (χ4v) is 2.19. The van der Waals surface area contributed by atoms with E-state index in [4.69, 9.17) is 11.6 Å². The third kappa shape index (κ3) is 2.53. The highest BCUT2D eigenvalue weighted by atomic mass is 35.5. The molecule has 0 heterocycles. The Morgan fingerprint density at radius 2 is 1.55 bits per heavy atom. The van der Waals surface area contributed by atoms with E-state index in [0.29, 0.717) is 0 Å². The molecule has 0 aromatic heterocycles. The molecule has 0 saturated heterocycles. The molecule has 0 aliphatic rings. The molecule has 0 bridgehead atoms. The second-order valence-electron chi connectivity index (χ2n) is 4.58. The van der Waals surface area contributed by atoms with Gasteiger partial charge < -0.3 is 5.11 Å². The lowest BCUT2D eigenvalue weighted by Crippen LogP contribution is -2.43. The van der Waals surface area contributed by atoms with E-state index in [1.54, 1.807) is 6.92 Å². The van der Waals surface area contributed by atoms with Gasteiger partial charge in [0.2, 0.25) is 5.60 Å². The summed E-state index contributed by atoms with van der Waals surface area (Å²) in [6.07, 6.45) is -4.85. The molecule has 0 aliphatic heterocycles. The zero-order valence-electron chi connectivity index (χ0n) is 10.6. The van der Waals surface area contributed by atoms with Gasteiger partial charge in [0, 0.05) is 5.02 Å². The predicted octanol–water partition coefficient (Wildman–Crippen LogP) is 4.45. The Morgan fingerprint density at radius 3 is 2.05 bits per heavy atom. The van der Waals surface area contributed by atoms with Gasteiger partial charge in [0.25, 0.3) is 0 Å². The van der Waals surface area contributed by atoms with Crippen LogP contribution in [0.3, 0.4) is 0 Å². The summed E-state index contributed by atoms with van der Waals surface area (Å²) < 4.78 is 40.2. The monoisotopic (exact) mass is 300 g/mol. The van der Waals surface area contributed by atoms with Crippen LogP contribution in [0.1, 0.15) is 16.7 Å². The molecule has 20 heavy (non-hydrogen) atoms. The van der Waals surface area contributed by atoms with Gasteiger partial charge in [-0.3, -0.25) is 0 Å². The minimum atomic E-state index is -4.85. The van der Waals surface area contributed by atoms with Gasteiger partial charge >= 0.3 is 6.18 Å². The molecule has 0 radical (unpaired) electrons. The third-order valence-corrected chi connectivity index (χ3v) is 3.36. The van der Waals surface area contributed by atoms with Crippen LogP contribution < -0.4 is 0 Å². The van der Waals surface area contributed by atoms with E-state index in [-0.39, 0.29) is 16.1 Å². The Bertz CT molecular complexity index is 607. The maximum atomic E-state index is 13.4. The fourth-order valence-electron chi connectivity index (χ4n) is 2.00. The Hall–Kier alpha value is -1.52. The quantitative estimate of drug-likeness (QED) is 0.869. The van der Waals surface area contributed by atoms with Crippen LogP contribution in [0.25, 0.3) is 0 Å². The van der Waals surface area contributed by atoms with E-state index in [0.717, 1.165) is 11.6 Å². The molecular formula is C15H12ClF3O. The van der Waals surface area contributed by atoms with E-state index in [1.807, 2.05) is 0 Å². The van der Waals surface area contributed by atoms with Crippen molar-refractivity contribution in [3.8, 4) is 0 Å². The van der Waals surface area contributed by atoms with Crippen molar-refractivity contribution >= 4 is 11.6 Å². The first kappa shape index (κ1) is 14.9. The lowest BCUT2D eigenvalue weighted by atomic mass is 9.85. The second kappa shape index (κ2) is 5.11. The molecular weight excluding hydrogens is 289 g/mol. The average molecular weight is 301 g/mol. The molecule has 5 heteroatoms. The number of halogens is 4. The summed E-state index contributed by atoms with van der Waals surface area (Å²) in [4.78, 5) is 0. The average Bonchev–Trinajstić information content (AvgIpc) is 2.37. The first-order valence-electron chi connectivity index (χ1n) is 5.87. The molecule has 1 atom stereocenters. The van der Waals surface area contributed by atoms with E-state index >= 15 is 0 Å². The number of hydrogen-bond acceptors (Lipinski definition) is 1. The smallest absolute Gasteiger partial charge is 0.372 e. The largest absolute Gasteiger partial charge is 0.425 e. The van der Waals surface area contributed by atoms with E-state index in [2.05, 4.69) is 0 Å². The van der Waals surface area contributed by atoms with Gasteiger partial charge in [-0.05, 0) is 30.2 Å². The Balaban J connectivity index is 2.66. The zero-order valence-corrected chi connectivity index (χ0v) is 11.3. The SMILES string of the molecule is Cc1ccc(C(O)(c2cccc(Cl)c2)C(F)(F)F)cc1. The van der Waals surface area contributed by atoms with Crippen LogP contribution >= 0.6 is 11.6 Å². The maximum Gasteiger partial charge on any atom is 0.425 e. The van der Waals surface area contributed by atoms with Crippen molar-refractivity contribution in [1.82, 2.24) is 0 Å². The normalized spacial score (nSPS) is 14.9. The first-order valence-corrected chi connectivity index (χ1v) is 6.25. The van der Waals surface area contributed by atoms with E-state index in [9.17, 15) is 18.3 Å². The van der Waals surface area contributed by atoms with Crippen molar-refractivity contribution in [3.63, 3.8) is 0 Å². The minimum absolute atomic E-state index is 0.136. The van der Waals surface area contributed by atoms with Gasteiger partial charge in [0.05, 0.1) is 0 Å². The second-order valence-corrected chi connectivity index (χ2v) is 5.02. The molecule has 2 aromatic rings. The molecule has 2 rings (SSSR count). The predicted molar refractivity (Wildman–Crippen MR) is 71.7 cm³/mol. The number of alkyl halides is 3. The van der Waals surface area contributed by atoms with E-state index < -0.39 is 11.8 Å². The topological polar surface area (TPSA) is 20.2 Å². The highest BCUT2D eigenvalue weighted by molar-refractivity contribution is 6.30. The highest BCUT2D eigenvalue weighted by Crippen LogP contribution is 2.44. The van der Waals surface area contributed by atoms with Crippen LogP contribution in [0, 0.1) is 6.92 Å². The molecule has 2 aromatic carbocycles. The van der Waals surface area contributed by atoms with Gasteiger partial charge in [-0.25, -0.2) is 0 Å². The standard InChI is InChI=1S/C15H12ClF3O/c1-10-5-7-11(8-6-10)14(20,15(17,18)19)12-3-2-4-13(16)9-12/h2-9,20H,1H3. The van der Waals surface area contributed by atoms with Crippen molar-refractivity contribution in [2.75, 3.05) is 0 Å². The molecule has 106 valence electrons. The summed E-state index contributed by atoms with van der Waals surface area (Å²) >= 11 is 5.74. The Kier molecular flexibility index (Phi) is 3.80. The van der Waals surface area contributed by atoms with Crippen molar-refractivity contribution < 1.29 is 18.3 Å². The lowest BCUT2D eigenvalue weighted by molar-refractivity contribution is -0.248. The van der Waals surface area contributed by atoms with Crippen molar-refractivity contribution in [2.45, 2.75) is 18.7 Å². The first-order chi connectivity index (χ1) is 9.25. The number of benzene rings is 2. The van der Waals surface area contributed by atoms with Crippen molar-refractivity contribution in [1.29, 1.82) is 0 Å². The van der Waals surface area contributed by atoms with Gasteiger partial charge in [-0.2, -0.15) is 13.2 Å². The molecule has 0 saturated carbocycles. The van der Waals surface area contributed by atoms with Crippen molar-refractivity contribution in [2.24, 2.45) is 0 Å². The molecule has 1 N–H and O–H groups in total. The molecule has 1 nitrogen and oxygen atoms in total. The van der Waals surface area contributed by atoms with Crippen LogP contribution in [0.2, 0.25) is 5.02 Å². The molecule has 0 spiro atoms. The minimum Gasteiger partial charge on any atom is -0.372 e. The van der Waals surface area contributed by atoms with Gasteiger partial charge in [-0.1, -0.05) is 53.6 Å². The number of rotatable bonds is 2. The van der Waals surface area contributed by atoms with Gasteiger partial charge in [0.15, 0.2) is 0 Å². The molecule has 1 unspecified atom stereocenters. The fraction of sp³-hybridized carbons (Fsp3) is 0.200. The Morgan fingerprint density at radius 1 is 0.950 bits per heavy atom. The summed E-state index contributed by atoms with van der Waals surface area (Å²) in [5.41, 5.74) is -2.81. The molecule has 0 aliphatic carbocycles. The van der Waals surface area contributed by atoms with Crippen molar-refractivity contribution in [3.05, 3.63) is 70.2 Å². The number of aliphatic hydroxyl groups is 1. The van der Waals surface area contributed by atoms with E-state index in [1.165, 1.54) is 42.5 Å². The van der Waals surface area contributed by atoms with Gasteiger partial charge in [-0.15, -0.1) is 0 Å². The van der Waals surface area contributed by atoms with Crippen LogP contribution in [-0.4, -0.2) is 11.3 Å². The van der Waals surface area contributed by atoms with Gasteiger partial charge in [0.1, 0.15) is 0 Å². The van der Waals surface area contributed by atoms with Crippen LogP contribution in [0.15, 0.2) is 48.5 Å². The zero-order chi connectivity index (χ0) is 15.0. The van der Waals surface area contributed by atoms with Crippen LogP contribution in [0.5, 0.6) is 0 Å².